The van der Waals surface area contributed by atoms with Crippen LogP contribution in [-0.2, 0) is 4.79 Å². The van der Waals surface area contributed by atoms with Gasteiger partial charge < -0.3 is 30.1 Å². The molecule has 8 nitrogen and oxygen atoms in total. The molecule has 1 fully saturated rings. The molecule has 25 heavy (non-hydrogen) atoms. The topological polar surface area (TPSA) is 100 Å². The van der Waals surface area contributed by atoms with E-state index in [-0.39, 0.29) is 18.5 Å². The van der Waals surface area contributed by atoms with Crippen LogP contribution in [0.15, 0.2) is 18.2 Å². The Morgan fingerprint density at radius 3 is 2.52 bits per heavy atom. The number of amides is 2. The average molecular weight is 351 g/mol. The van der Waals surface area contributed by atoms with Crippen molar-refractivity contribution in [3.8, 4) is 11.5 Å². The summed E-state index contributed by atoms with van der Waals surface area (Å²) in [5.41, 5.74) is 0.988. The molecule has 1 aliphatic rings. The normalized spacial score (nSPS) is 16.4. The maximum Gasteiger partial charge on any atom is 0.315 e. The van der Waals surface area contributed by atoms with E-state index in [0.29, 0.717) is 19.5 Å². The number of hydrogen-bond donors (Lipinski definition) is 3. The number of aliphatic carboxylic acids is 1. The molecular weight excluding hydrogens is 326 g/mol. The molecule has 0 aromatic heterocycles. The Morgan fingerprint density at radius 2 is 1.92 bits per heavy atom. The van der Waals surface area contributed by atoms with Crippen molar-refractivity contribution in [1.29, 1.82) is 0 Å². The molecule has 1 aliphatic heterocycles. The number of anilines is 1. The second-order valence-corrected chi connectivity index (χ2v) is 5.90. The molecular formula is C17H25N3O5. The molecule has 1 unspecified atom stereocenters. The smallest absolute Gasteiger partial charge is 0.315 e. The first-order chi connectivity index (χ1) is 12.0. The van der Waals surface area contributed by atoms with Crippen LogP contribution in [0, 0.1) is 0 Å². The fraction of sp³-hybridized carbons (Fsp3) is 0.529. The Balaban J connectivity index is 1.83. The third-order valence-electron chi connectivity index (χ3n) is 4.08. The molecule has 0 spiro atoms. The lowest BCUT2D eigenvalue weighted by Crippen LogP contribution is -2.43. The molecule has 2 rings (SSSR count). The molecule has 0 aliphatic carbocycles. The van der Waals surface area contributed by atoms with Crippen molar-refractivity contribution in [1.82, 2.24) is 10.6 Å². The molecule has 3 N–H and O–H groups in total. The summed E-state index contributed by atoms with van der Waals surface area (Å²) in [6.45, 7) is 1.86. The second kappa shape index (κ2) is 9.00. The number of methoxy groups -OCH3 is 2. The van der Waals surface area contributed by atoms with Crippen molar-refractivity contribution in [3.63, 3.8) is 0 Å². The molecule has 0 radical (unpaired) electrons. The first kappa shape index (κ1) is 18.7. The van der Waals surface area contributed by atoms with Crippen molar-refractivity contribution in [3.05, 3.63) is 18.2 Å². The Hall–Kier alpha value is -2.64. The summed E-state index contributed by atoms with van der Waals surface area (Å²) in [7, 11) is 3.23. The van der Waals surface area contributed by atoms with E-state index in [0.717, 1.165) is 30.2 Å². The van der Waals surface area contributed by atoms with Gasteiger partial charge in [-0.15, -0.1) is 0 Å². The van der Waals surface area contributed by atoms with Crippen LogP contribution >= 0.6 is 0 Å². The monoisotopic (exact) mass is 351 g/mol. The molecule has 1 aromatic rings. The number of hydrogen-bond acceptors (Lipinski definition) is 5. The zero-order valence-corrected chi connectivity index (χ0v) is 14.6. The lowest BCUT2D eigenvalue weighted by atomic mass is 10.2. The summed E-state index contributed by atoms with van der Waals surface area (Å²) < 4.78 is 10.6. The standard InChI is InChI=1S/C17H25N3O5/c1-24-14-8-13(9-15(10-14)25-2)20-7-5-12(11-20)19-17(23)18-6-3-4-16(21)22/h8-10,12H,3-7,11H2,1-2H3,(H,21,22)(H2,18,19,23). The highest BCUT2D eigenvalue weighted by Gasteiger charge is 2.24. The van der Waals surface area contributed by atoms with Gasteiger partial charge in [0.15, 0.2) is 0 Å². The lowest BCUT2D eigenvalue weighted by Gasteiger charge is -2.20. The van der Waals surface area contributed by atoms with Gasteiger partial charge in [0.05, 0.1) is 14.2 Å². The quantitative estimate of drug-likeness (QED) is 0.613. The number of carbonyl (C=O) groups excluding carboxylic acids is 1. The Morgan fingerprint density at radius 1 is 1.24 bits per heavy atom. The van der Waals surface area contributed by atoms with Gasteiger partial charge >= 0.3 is 12.0 Å². The predicted molar refractivity (Wildman–Crippen MR) is 93.6 cm³/mol. The van der Waals surface area contributed by atoms with Crippen LogP contribution in [0.2, 0.25) is 0 Å². The van der Waals surface area contributed by atoms with Gasteiger partial charge in [0.2, 0.25) is 0 Å². The highest BCUT2D eigenvalue weighted by atomic mass is 16.5. The molecule has 2 amide bonds. The van der Waals surface area contributed by atoms with Crippen molar-refractivity contribution in [2.24, 2.45) is 0 Å². The number of carboxylic acids is 1. The van der Waals surface area contributed by atoms with E-state index in [1.165, 1.54) is 0 Å². The molecule has 1 atom stereocenters. The van der Waals surface area contributed by atoms with Gasteiger partial charge in [-0.25, -0.2) is 4.79 Å². The van der Waals surface area contributed by atoms with Gasteiger partial charge in [-0.2, -0.15) is 0 Å². The van der Waals surface area contributed by atoms with E-state index in [2.05, 4.69) is 15.5 Å². The lowest BCUT2D eigenvalue weighted by molar-refractivity contribution is -0.137. The zero-order valence-electron chi connectivity index (χ0n) is 14.6. The first-order valence-electron chi connectivity index (χ1n) is 8.26. The minimum Gasteiger partial charge on any atom is -0.497 e. The first-order valence-corrected chi connectivity index (χ1v) is 8.26. The molecule has 8 heteroatoms. The number of ether oxygens (including phenoxy) is 2. The third kappa shape index (κ3) is 5.74. The number of rotatable bonds is 8. The molecule has 0 saturated carbocycles. The van der Waals surface area contributed by atoms with Gasteiger partial charge in [-0.1, -0.05) is 0 Å². The van der Waals surface area contributed by atoms with Crippen LogP contribution in [0.1, 0.15) is 19.3 Å². The third-order valence-corrected chi connectivity index (χ3v) is 4.08. The van der Waals surface area contributed by atoms with Crippen molar-refractivity contribution in [2.75, 3.05) is 38.8 Å². The van der Waals surface area contributed by atoms with E-state index in [9.17, 15) is 9.59 Å². The van der Waals surface area contributed by atoms with Gasteiger partial charge in [-0.3, -0.25) is 4.79 Å². The summed E-state index contributed by atoms with van der Waals surface area (Å²) in [4.78, 5) is 24.5. The fourth-order valence-electron chi connectivity index (χ4n) is 2.77. The van der Waals surface area contributed by atoms with E-state index in [4.69, 9.17) is 14.6 Å². The Bertz CT molecular complexity index is 586. The molecule has 1 aromatic carbocycles. The minimum atomic E-state index is -0.859. The van der Waals surface area contributed by atoms with Crippen molar-refractivity contribution >= 4 is 17.7 Å². The van der Waals surface area contributed by atoms with Crippen LogP contribution in [0.5, 0.6) is 11.5 Å². The predicted octanol–water partition coefficient (Wildman–Crippen LogP) is 1.45. The Labute approximate surface area is 147 Å². The highest BCUT2D eigenvalue weighted by Crippen LogP contribution is 2.30. The SMILES string of the molecule is COc1cc(OC)cc(N2CCC(NC(=O)NCCCC(=O)O)C2)c1. The Kier molecular flexibility index (Phi) is 6.73. The molecule has 138 valence electrons. The number of nitrogens with zero attached hydrogens (tertiary/aromatic N) is 1. The van der Waals surface area contributed by atoms with Crippen molar-refractivity contribution < 1.29 is 24.2 Å². The zero-order chi connectivity index (χ0) is 18.2. The average Bonchev–Trinajstić information content (AvgIpc) is 3.06. The minimum absolute atomic E-state index is 0.0386. The number of carboxylic acid groups (broad SMARTS) is 1. The van der Waals surface area contributed by atoms with Crippen molar-refractivity contribution in [2.45, 2.75) is 25.3 Å². The van der Waals surface area contributed by atoms with Crippen LogP contribution in [0.25, 0.3) is 0 Å². The van der Waals surface area contributed by atoms with Gasteiger partial charge in [0.25, 0.3) is 0 Å². The van der Waals surface area contributed by atoms with Gasteiger partial charge in [0.1, 0.15) is 11.5 Å². The fourth-order valence-corrected chi connectivity index (χ4v) is 2.77. The van der Waals surface area contributed by atoms with E-state index in [1.54, 1.807) is 14.2 Å². The van der Waals surface area contributed by atoms with Crippen LogP contribution in [0.3, 0.4) is 0 Å². The summed E-state index contributed by atoms with van der Waals surface area (Å²) in [5.74, 6) is 0.589. The van der Waals surface area contributed by atoms with E-state index in [1.807, 2.05) is 18.2 Å². The highest BCUT2D eigenvalue weighted by molar-refractivity contribution is 5.74. The van der Waals surface area contributed by atoms with Crippen LogP contribution < -0.4 is 25.0 Å². The second-order valence-electron chi connectivity index (χ2n) is 5.90. The van der Waals surface area contributed by atoms with Gasteiger partial charge in [0, 0.05) is 56.0 Å². The molecule has 1 saturated heterocycles. The maximum atomic E-state index is 11.9. The van der Waals surface area contributed by atoms with Crippen LogP contribution in [0.4, 0.5) is 10.5 Å². The largest absolute Gasteiger partial charge is 0.497 e. The number of urea groups is 1. The number of nitrogens with one attached hydrogen (secondary N) is 2. The summed E-state index contributed by atoms with van der Waals surface area (Å²) >= 11 is 0. The maximum absolute atomic E-state index is 11.9. The summed E-state index contributed by atoms with van der Waals surface area (Å²) in [6.07, 6.45) is 1.31. The van der Waals surface area contributed by atoms with E-state index < -0.39 is 5.97 Å². The molecule has 0 bridgehead atoms. The summed E-state index contributed by atoms with van der Waals surface area (Å²) in [5, 5.41) is 14.2. The van der Waals surface area contributed by atoms with E-state index >= 15 is 0 Å². The van der Waals surface area contributed by atoms with Gasteiger partial charge in [-0.05, 0) is 12.8 Å². The number of benzene rings is 1. The number of carbonyl (C=O) groups is 2. The van der Waals surface area contributed by atoms with Crippen LogP contribution in [-0.4, -0.2) is 57.0 Å². The summed E-state index contributed by atoms with van der Waals surface area (Å²) in [6, 6.07) is 5.48. The molecule has 1 heterocycles.